The van der Waals surface area contributed by atoms with Gasteiger partial charge in [0.05, 0.1) is 4.47 Å². The lowest BCUT2D eigenvalue weighted by atomic mass is 10.1. The summed E-state index contributed by atoms with van der Waals surface area (Å²) in [6.07, 6.45) is 2.33. The zero-order chi connectivity index (χ0) is 15.2. The first-order valence-corrected chi connectivity index (χ1v) is 7.46. The lowest BCUT2D eigenvalue weighted by molar-refractivity contribution is -0.137. The minimum absolute atomic E-state index is 0.155. The number of ether oxygens (including phenoxy) is 2. The maximum absolute atomic E-state index is 12.0. The number of carbonyl (C=O) groups is 2. The molecule has 6 nitrogen and oxygen atoms in total. The first kappa shape index (κ1) is 15.6. The molecule has 0 unspecified atom stereocenters. The molecule has 0 atom stereocenters. The van der Waals surface area contributed by atoms with Crippen molar-refractivity contribution >= 4 is 27.8 Å². The molecule has 0 saturated carbocycles. The van der Waals surface area contributed by atoms with Gasteiger partial charge >= 0.3 is 5.97 Å². The molecule has 0 spiro atoms. The number of hydrogen-bond acceptors (Lipinski definition) is 4. The summed E-state index contributed by atoms with van der Waals surface area (Å²) in [5.41, 5.74) is 0.497. The molecule has 2 N–H and O–H groups in total. The number of fused-ring (bicyclic) bond motifs is 1. The van der Waals surface area contributed by atoms with Crippen LogP contribution in [0, 0.1) is 0 Å². The smallest absolute Gasteiger partial charge is 0.303 e. The predicted molar refractivity (Wildman–Crippen MR) is 78.7 cm³/mol. The van der Waals surface area contributed by atoms with E-state index < -0.39 is 5.97 Å². The quantitative estimate of drug-likeness (QED) is 0.732. The Balaban J connectivity index is 1.79. The Bertz CT molecular complexity index is 546. The van der Waals surface area contributed by atoms with Gasteiger partial charge in [-0.25, -0.2) is 0 Å². The number of carboxylic acid groups (broad SMARTS) is 1. The Kier molecular flexibility index (Phi) is 5.44. The van der Waals surface area contributed by atoms with E-state index in [1.165, 1.54) is 0 Å². The number of amides is 1. The van der Waals surface area contributed by atoms with Gasteiger partial charge in [0.1, 0.15) is 0 Å². The molecule has 1 amide bonds. The third kappa shape index (κ3) is 4.35. The van der Waals surface area contributed by atoms with E-state index in [0.717, 1.165) is 12.8 Å². The number of carbonyl (C=O) groups excluding carboxylic acids is 1. The number of hydrogen-bond donors (Lipinski definition) is 2. The van der Waals surface area contributed by atoms with Crippen LogP contribution in [0.15, 0.2) is 16.6 Å². The first-order chi connectivity index (χ1) is 10.1. The molecule has 0 radical (unpaired) electrons. The summed E-state index contributed by atoms with van der Waals surface area (Å²) in [6.45, 7) is 0.674. The van der Waals surface area contributed by atoms with Crippen LogP contribution >= 0.6 is 15.9 Å². The molecule has 0 fully saturated rings. The van der Waals surface area contributed by atoms with Crippen molar-refractivity contribution in [3.63, 3.8) is 0 Å². The maximum Gasteiger partial charge on any atom is 0.303 e. The first-order valence-electron chi connectivity index (χ1n) is 6.67. The Morgan fingerprint density at radius 3 is 2.81 bits per heavy atom. The van der Waals surface area contributed by atoms with E-state index in [-0.39, 0.29) is 19.1 Å². The van der Waals surface area contributed by atoms with Crippen molar-refractivity contribution in [2.24, 2.45) is 0 Å². The Morgan fingerprint density at radius 2 is 2.05 bits per heavy atom. The highest BCUT2D eigenvalue weighted by molar-refractivity contribution is 9.10. The van der Waals surface area contributed by atoms with Crippen LogP contribution in [0.25, 0.3) is 0 Å². The molecule has 1 heterocycles. The van der Waals surface area contributed by atoms with Crippen LogP contribution in [0.4, 0.5) is 0 Å². The van der Waals surface area contributed by atoms with Crippen molar-refractivity contribution in [3.05, 3.63) is 22.2 Å². The van der Waals surface area contributed by atoms with E-state index in [9.17, 15) is 9.59 Å². The summed E-state index contributed by atoms with van der Waals surface area (Å²) >= 11 is 3.34. The monoisotopic (exact) mass is 357 g/mol. The van der Waals surface area contributed by atoms with Crippen LogP contribution in [0.1, 0.15) is 36.0 Å². The van der Waals surface area contributed by atoms with E-state index in [1.807, 2.05) is 0 Å². The second kappa shape index (κ2) is 7.31. The summed E-state index contributed by atoms with van der Waals surface area (Å²) in [7, 11) is 0. The number of nitrogens with one attached hydrogen (secondary N) is 1. The third-order valence-electron chi connectivity index (χ3n) is 3.04. The lowest BCUT2D eigenvalue weighted by Gasteiger charge is -2.07. The number of aliphatic carboxylic acids is 1. The number of carboxylic acids is 1. The zero-order valence-corrected chi connectivity index (χ0v) is 12.9. The molecule has 21 heavy (non-hydrogen) atoms. The van der Waals surface area contributed by atoms with E-state index in [4.69, 9.17) is 14.6 Å². The summed E-state index contributed by atoms with van der Waals surface area (Å²) in [5.74, 6) is 0.188. The van der Waals surface area contributed by atoms with Gasteiger partial charge in [-0.05, 0) is 40.9 Å². The summed E-state index contributed by atoms with van der Waals surface area (Å²) in [6, 6.07) is 3.33. The average molecular weight is 358 g/mol. The van der Waals surface area contributed by atoms with Crippen LogP contribution in [0.3, 0.4) is 0 Å². The third-order valence-corrected chi connectivity index (χ3v) is 3.63. The molecule has 0 aliphatic carbocycles. The highest BCUT2D eigenvalue weighted by Gasteiger charge is 2.20. The molecule has 114 valence electrons. The minimum Gasteiger partial charge on any atom is -0.481 e. The van der Waals surface area contributed by atoms with Gasteiger partial charge < -0.3 is 19.9 Å². The highest BCUT2D eigenvalue weighted by atomic mass is 79.9. The summed E-state index contributed by atoms with van der Waals surface area (Å²) in [5, 5.41) is 11.3. The number of rotatable bonds is 7. The fourth-order valence-corrected chi connectivity index (χ4v) is 2.54. The fraction of sp³-hybridized carbons (Fsp3) is 0.429. The van der Waals surface area contributed by atoms with Crippen LogP contribution in [-0.4, -0.2) is 30.3 Å². The molecule has 1 aliphatic rings. The average Bonchev–Trinajstić information content (AvgIpc) is 2.91. The molecule has 1 aromatic carbocycles. The Hall–Kier alpha value is -1.76. The molecule has 0 saturated heterocycles. The second-order valence-corrected chi connectivity index (χ2v) is 5.51. The standard InChI is InChI=1S/C14H16BrNO5/c15-10-6-9(7-11-13(10)21-8-20-11)14(19)16-5-3-1-2-4-12(17)18/h6-7H,1-5,8H2,(H,16,19)(H,17,18). The maximum atomic E-state index is 12.0. The number of benzene rings is 1. The van der Waals surface area contributed by atoms with Crippen molar-refractivity contribution in [3.8, 4) is 11.5 Å². The SMILES string of the molecule is O=C(O)CCCCCNC(=O)c1cc(Br)c2c(c1)OCO2. The van der Waals surface area contributed by atoms with Crippen LogP contribution in [0.5, 0.6) is 11.5 Å². The van der Waals surface area contributed by atoms with Crippen molar-refractivity contribution in [2.45, 2.75) is 25.7 Å². The van der Waals surface area contributed by atoms with E-state index in [0.29, 0.717) is 34.5 Å². The van der Waals surface area contributed by atoms with Gasteiger partial charge in [0, 0.05) is 18.5 Å². The number of unbranched alkanes of at least 4 members (excludes halogenated alkanes) is 2. The number of halogens is 1. The van der Waals surface area contributed by atoms with Gasteiger partial charge in [-0.2, -0.15) is 0 Å². The van der Waals surface area contributed by atoms with Gasteiger partial charge in [-0.3, -0.25) is 9.59 Å². The van der Waals surface area contributed by atoms with E-state index in [1.54, 1.807) is 12.1 Å². The normalized spacial score (nSPS) is 12.2. The molecule has 0 aromatic heterocycles. The van der Waals surface area contributed by atoms with Gasteiger partial charge in [0.15, 0.2) is 11.5 Å². The molecular weight excluding hydrogens is 342 g/mol. The Morgan fingerprint density at radius 1 is 1.24 bits per heavy atom. The van der Waals surface area contributed by atoms with Crippen LogP contribution in [-0.2, 0) is 4.79 Å². The second-order valence-electron chi connectivity index (χ2n) is 4.65. The molecule has 1 aliphatic heterocycles. The van der Waals surface area contributed by atoms with Gasteiger partial charge in [0.2, 0.25) is 6.79 Å². The summed E-state index contributed by atoms with van der Waals surface area (Å²) in [4.78, 5) is 22.4. The van der Waals surface area contributed by atoms with E-state index in [2.05, 4.69) is 21.2 Å². The van der Waals surface area contributed by atoms with Crippen molar-refractivity contribution in [1.29, 1.82) is 0 Å². The van der Waals surface area contributed by atoms with Crippen LogP contribution < -0.4 is 14.8 Å². The summed E-state index contributed by atoms with van der Waals surface area (Å²) < 4.78 is 11.2. The lowest BCUT2D eigenvalue weighted by Crippen LogP contribution is -2.24. The van der Waals surface area contributed by atoms with E-state index >= 15 is 0 Å². The van der Waals surface area contributed by atoms with Gasteiger partial charge in [-0.1, -0.05) is 6.42 Å². The van der Waals surface area contributed by atoms with Crippen molar-refractivity contribution in [2.75, 3.05) is 13.3 Å². The predicted octanol–water partition coefficient (Wildman–Crippen LogP) is 2.55. The van der Waals surface area contributed by atoms with Crippen molar-refractivity contribution < 1.29 is 24.2 Å². The zero-order valence-electron chi connectivity index (χ0n) is 11.4. The molecule has 2 rings (SSSR count). The molecule has 1 aromatic rings. The highest BCUT2D eigenvalue weighted by Crippen LogP contribution is 2.39. The minimum atomic E-state index is -0.788. The van der Waals surface area contributed by atoms with Crippen LogP contribution in [0.2, 0.25) is 0 Å². The molecule has 0 bridgehead atoms. The van der Waals surface area contributed by atoms with Gasteiger partial charge in [-0.15, -0.1) is 0 Å². The molecule has 7 heteroatoms. The largest absolute Gasteiger partial charge is 0.481 e. The Labute approximate surface area is 130 Å². The molecular formula is C14H16BrNO5. The topological polar surface area (TPSA) is 84.9 Å². The van der Waals surface area contributed by atoms with Gasteiger partial charge in [0.25, 0.3) is 5.91 Å². The van der Waals surface area contributed by atoms with Crippen molar-refractivity contribution in [1.82, 2.24) is 5.32 Å². The fourth-order valence-electron chi connectivity index (χ4n) is 1.98.